The van der Waals surface area contributed by atoms with Crippen LogP contribution in [-0.4, -0.2) is 20.4 Å². The van der Waals surface area contributed by atoms with Crippen molar-refractivity contribution in [2.24, 2.45) is 11.7 Å². The number of benzene rings is 1. The van der Waals surface area contributed by atoms with Crippen LogP contribution >= 0.6 is 11.6 Å². The second-order valence-corrected chi connectivity index (χ2v) is 7.15. The molecule has 2 atom stereocenters. The molecule has 1 aromatic rings. The van der Waals surface area contributed by atoms with Crippen molar-refractivity contribution in [1.29, 1.82) is 0 Å². The molecule has 0 spiro atoms. The third kappa shape index (κ3) is 4.82. The number of alkyl halides is 3. The largest absolute Gasteiger partial charge is 0.417 e. The molecule has 0 aliphatic heterocycles. The molecule has 0 heterocycles. The number of rotatable bonds is 6. The Hall–Kier alpha value is -1.32. The molecular formula is C13H16ClF3N2O3S. The summed E-state index contributed by atoms with van der Waals surface area (Å²) in [5.74, 6) is -1.33. The van der Waals surface area contributed by atoms with Gasteiger partial charge in [-0.1, -0.05) is 31.9 Å². The number of amides is 1. The van der Waals surface area contributed by atoms with Crippen molar-refractivity contribution in [1.82, 2.24) is 4.72 Å². The molecule has 0 aliphatic carbocycles. The minimum Gasteiger partial charge on any atom is -0.368 e. The van der Waals surface area contributed by atoms with E-state index in [0.29, 0.717) is 12.5 Å². The van der Waals surface area contributed by atoms with Crippen LogP contribution in [0, 0.1) is 5.92 Å². The number of hydrogen-bond donors (Lipinski definition) is 2. The lowest BCUT2D eigenvalue weighted by atomic mass is 10.00. The summed E-state index contributed by atoms with van der Waals surface area (Å²) in [7, 11) is -4.37. The van der Waals surface area contributed by atoms with Gasteiger partial charge in [-0.15, -0.1) is 0 Å². The van der Waals surface area contributed by atoms with Crippen LogP contribution in [0.15, 0.2) is 23.1 Å². The van der Waals surface area contributed by atoms with E-state index in [-0.39, 0.29) is 0 Å². The molecule has 1 aromatic carbocycles. The van der Waals surface area contributed by atoms with Gasteiger partial charge in [0.1, 0.15) is 6.04 Å². The zero-order chi connectivity index (χ0) is 18.0. The maximum atomic E-state index is 12.8. The van der Waals surface area contributed by atoms with Crippen LogP contribution in [0.25, 0.3) is 0 Å². The first kappa shape index (κ1) is 19.7. The molecule has 0 radical (unpaired) electrons. The predicted molar refractivity (Wildman–Crippen MR) is 79.2 cm³/mol. The summed E-state index contributed by atoms with van der Waals surface area (Å²) in [6, 6.07) is 0.949. The second kappa shape index (κ2) is 7.06. The van der Waals surface area contributed by atoms with Gasteiger partial charge in [-0.25, -0.2) is 8.42 Å². The lowest BCUT2D eigenvalue weighted by Gasteiger charge is -2.21. The number of carbonyl (C=O) groups is 1. The summed E-state index contributed by atoms with van der Waals surface area (Å²) in [5.41, 5.74) is 3.88. The number of sulfonamides is 1. The lowest BCUT2D eigenvalue weighted by molar-refractivity contribution is -0.137. The van der Waals surface area contributed by atoms with Gasteiger partial charge in [0.25, 0.3) is 0 Å². The van der Waals surface area contributed by atoms with Crippen molar-refractivity contribution < 1.29 is 26.4 Å². The Labute approximate surface area is 137 Å². The van der Waals surface area contributed by atoms with Crippen LogP contribution in [0.5, 0.6) is 0 Å². The molecule has 0 aromatic heterocycles. The number of primary amides is 1. The monoisotopic (exact) mass is 372 g/mol. The fourth-order valence-electron chi connectivity index (χ4n) is 1.81. The summed E-state index contributed by atoms with van der Waals surface area (Å²) in [6.45, 7) is 3.32. The molecule has 0 fully saturated rings. The van der Waals surface area contributed by atoms with Crippen molar-refractivity contribution >= 4 is 27.5 Å². The average Bonchev–Trinajstić information content (AvgIpc) is 2.42. The Morgan fingerprint density at radius 2 is 1.96 bits per heavy atom. The van der Waals surface area contributed by atoms with Gasteiger partial charge >= 0.3 is 6.18 Å². The predicted octanol–water partition coefficient (Wildman–Crippen LogP) is 2.54. The van der Waals surface area contributed by atoms with Gasteiger partial charge < -0.3 is 5.73 Å². The van der Waals surface area contributed by atoms with Crippen molar-refractivity contribution in [3.05, 3.63) is 28.8 Å². The molecule has 23 heavy (non-hydrogen) atoms. The van der Waals surface area contributed by atoms with Gasteiger partial charge in [0.05, 0.1) is 15.5 Å². The molecular weight excluding hydrogens is 357 g/mol. The first-order valence-corrected chi connectivity index (χ1v) is 8.44. The number of carbonyl (C=O) groups excluding carboxylic acids is 1. The second-order valence-electron chi connectivity index (χ2n) is 5.03. The molecule has 10 heteroatoms. The van der Waals surface area contributed by atoms with Crippen LogP contribution in [0.2, 0.25) is 5.02 Å². The normalized spacial score (nSPS) is 15.2. The summed E-state index contributed by atoms with van der Waals surface area (Å²) < 4.78 is 65.0. The van der Waals surface area contributed by atoms with Crippen molar-refractivity contribution in [3.8, 4) is 0 Å². The third-order valence-corrected chi connectivity index (χ3v) is 5.12. The van der Waals surface area contributed by atoms with E-state index in [1.807, 2.05) is 4.72 Å². The van der Waals surface area contributed by atoms with Crippen LogP contribution < -0.4 is 10.5 Å². The quantitative estimate of drug-likeness (QED) is 0.804. The maximum absolute atomic E-state index is 12.8. The zero-order valence-corrected chi connectivity index (χ0v) is 13.9. The summed E-state index contributed by atoms with van der Waals surface area (Å²) in [6.07, 6.45) is -4.35. The zero-order valence-electron chi connectivity index (χ0n) is 12.3. The van der Waals surface area contributed by atoms with Gasteiger partial charge in [-0.2, -0.15) is 17.9 Å². The molecule has 2 unspecified atom stereocenters. The van der Waals surface area contributed by atoms with Crippen molar-refractivity contribution in [3.63, 3.8) is 0 Å². The summed E-state index contributed by atoms with van der Waals surface area (Å²) in [4.78, 5) is 10.7. The Bertz CT molecular complexity index is 692. The van der Waals surface area contributed by atoms with Gasteiger partial charge in [-0.05, 0) is 24.1 Å². The van der Waals surface area contributed by atoms with Gasteiger partial charge in [-0.3, -0.25) is 4.79 Å². The molecule has 0 saturated carbocycles. The Balaban J connectivity index is 3.26. The first-order valence-electron chi connectivity index (χ1n) is 6.58. The van der Waals surface area contributed by atoms with E-state index in [2.05, 4.69) is 0 Å². The van der Waals surface area contributed by atoms with E-state index in [9.17, 15) is 26.4 Å². The van der Waals surface area contributed by atoms with Crippen molar-refractivity contribution in [2.75, 3.05) is 0 Å². The number of halogens is 4. The Kier molecular flexibility index (Phi) is 6.06. The number of nitrogens with two attached hydrogens (primary N) is 1. The van der Waals surface area contributed by atoms with Gasteiger partial charge in [0, 0.05) is 0 Å². The maximum Gasteiger partial charge on any atom is 0.417 e. The minimum absolute atomic E-state index is 0.416. The molecule has 0 bridgehead atoms. The third-order valence-electron chi connectivity index (χ3n) is 3.36. The molecule has 0 saturated heterocycles. The Morgan fingerprint density at radius 3 is 2.39 bits per heavy atom. The van der Waals surface area contributed by atoms with E-state index in [1.165, 1.54) is 0 Å². The van der Waals surface area contributed by atoms with E-state index in [4.69, 9.17) is 17.3 Å². The van der Waals surface area contributed by atoms with Crippen molar-refractivity contribution in [2.45, 2.75) is 37.4 Å². The highest BCUT2D eigenvalue weighted by Crippen LogP contribution is 2.35. The van der Waals surface area contributed by atoms with Crippen LogP contribution in [0.1, 0.15) is 25.8 Å². The van der Waals surface area contributed by atoms with E-state index < -0.39 is 49.5 Å². The fourth-order valence-corrected chi connectivity index (χ4v) is 3.38. The lowest BCUT2D eigenvalue weighted by Crippen LogP contribution is -2.48. The standard InChI is InChI=1S/C13H16ClF3N2O3S/c1-3-7(2)11(12(18)20)19-23(21,22)8-4-5-10(14)9(6-8)13(15,16)17/h4-7,11,19H,3H2,1-2H3,(H2,18,20). The van der Waals surface area contributed by atoms with E-state index in [1.54, 1.807) is 13.8 Å². The summed E-state index contributed by atoms with van der Waals surface area (Å²) in [5, 5.41) is -0.621. The average molecular weight is 373 g/mol. The van der Waals surface area contributed by atoms with Crippen LogP contribution in [0.3, 0.4) is 0 Å². The van der Waals surface area contributed by atoms with E-state index in [0.717, 1.165) is 12.1 Å². The smallest absolute Gasteiger partial charge is 0.368 e. The SMILES string of the molecule is CCC(C)C(NS(=O)(=O)c1ccc(Cl)c(C(F)(F)F)c1)C(N)=O. The van der Waals surface area contributed by atoms with Gasteiger partial charge in [0.2, 0.25) is 15.9 Å². The topological polar surface area (TPSA) is 89.3 Å². The van der Waals surface area contributed by atoms with E-state index >= 15 is 0 Å². The summed E-state index contributed by atoms with van der Waals surface area (Å²) >= 11 is 5.45. The molecule has 0 aliphatic rings. The fraction of sp³-hybridized carbons (Fsp3) is 0.462. The molecule has 130 valence electrons. The first-order chi connectivity index (χ1) is 10.4. The highest BCUT2D eigenvalue weighted by atomic mass is 35.5. The van der Waals surface area contributed by atoms with Crippen LogP contribution in [-0.2, 0) is 21.0 Å². The highest BCUT2D eigenvalue weighted by Gasteiger charge is 2.35. The molecule has 1 rings (SSSR count). The highest BCUT2D eigenvalue weighted by molar-refractivity contribution is 7.89. The molecule has 5 nitrogen and oxygen atoms in total. The number of hydrogen-bond acceptors (Lipinski definition) is 3. The van der Waals surface area contributed by atoms with Crippen LogP contribution in [0.4, 0.5) is 13.2 Å². The Morgan fingerprint density at radius 1 is 1.39 bits per heavy atom. The molecule has 3 N–H and O–H groups in total. The minimum atomic E-state index is -4.80. The van der Waals surface area contributed by atoms with Gasteiger partial charge in [0.15, 0.2) is 0 Å². The number of nitrogens with one attached hydrogen (secondary N) is 1. The molecule has 1 amide bonds.